The van der Waals surface area contributed by atoms with Crippen molar-refractivity contribution in [1.82, 2.24) is 4.90 Å². The summed E-state index contributed by atoms with van der Waals surface area (Å²) in [4.78, 5) is 14.0. The highest BCUT2D eigenvalue weighted by Crippen LogP contribution is 2.33. The van der Waals surface area contributed by atoms with E-state index in [4.69, 9.17) is 5.73 Å². The smallest absolute Gasteiger partial charge is 0.239 e. The molecule has 25 heavy (non-hydrogen) atoms. The van der Waals surface area contributed by atoms with Crippen LogP contribution in [0.15, 0.2) is 54.6 Å². The number of likely N-dealkylation sites (tertiary alicyclic amines) is 1. The van der Waals surface area contributed by atoms with Crippen LogP contribution in [-0.2, 0) is 4.79 Å². The summed E-state index contributed by atoms with van der Waals surface area (Å²) in [5.74, 6) is -0.576. The highest BCUT2D eigenvalue weighted by atomic mass is 19.1. The first-order valence-electron chi connectivity index (χ1n) is 8.58. The highest BCUT2D eigenvalue weighted by molar-refractivity contribution is 5.81. The lowest BCUT2D eigenvalue weighted by Gasteiger charge is -2.38. The van der Waals surface area contributed by atoms with E-state index in [0.717, 1.165) is 24.0 Å². The zero-order chi connectivity index (χ0) is 17.8. The van der Waals surface area contributed by atoms with Gasteiger partial charge in [0.25, 0.3) is 0 Å². The molecule has 2 unspecified atom stereocenters. The second-order valence-electron chi connectivity index (χ2n) is 6.59. The molecule has 132 valence electrons. The number of hydrogen-bond donors (Lipinski definition) is 2. The maximum Gasteiger partial charge on any atom is 0.239 e. The van der Waals surface area contributed by atoms with E-state index in [-0.39, 0.29) is 17.6 Å². The molecule has 1 fully saturated rings. The summed E-state index contributed by atoms with van der Waals surface area (Å²) >= 11 is 0. The van der Waals surface area contributed by atoms with Gasteiger partial charge in [-0.05, 0) is 55.1 Å². The summed E-state index contributed by atoms with van der Waals surface area (Å²) in [5, 5.41) is 10.6. The predicted molar refractivity (Wildman–Crippen MR) is 94.0 cm³/mol. The SMILES string of the molecule is NC(=O)C(c1ccccc1)N1CCC(C(O)c2ccc(F)cc2)CC1. The lowest BCUT2D eigenvalue weighted by Crippen LogP contribution is -2.43. The van der Waals surface area contributed by atoms with E-state index in [1.165, 1.54) is 12.1 Å². The number of hydrogen-bond acceptors (Lipinski definition) is 3. The molecule has 0 bridgehead atoms. The van der Waals surface area contributed by atoms with Gasteiger partial charge in [-0.3, -0.25) is 9.69 Å². The number of aliphatic hydroxyl groups excluding tert-OH is 1. The molecule has 1 amide bonds. The van der Waals surface area contributed by atoms with Crippen LogP contribution in [0.25, 0.3) is 0 Å². The van der Waals surface area contributed by atoms with Gasteiger partial charge in [0.2, 0.25) is 5.91 Å². The third kappa shape index (κ3) is 4.06. The van der Waals surface area contributed by atoms with Gasteiger partial charge in [-0.25, -0.2) is 4.39 Å². The second-order valence-corrected chi connectivity index (χ2v) is 6.59. The Kier molecular flexibility index (Phi) is 5.46. The summed E-state index contributed by atoms with van der Waals surface area (Å²) in [6, 6.07) is 15.1. The van der Waals surface area contributed by atoms with Gasteiger partial charge < -0.3 is 10.8 Å². The second kappa shape index (κ2) is 7.76. The van der Waals surface area contributed by atoms with Gasteiger partial charge in [-0.2, -0.15) is 0 Å². The average molecular weight is 342 g/mol. The van der Waals surface area contributed by atoms with Crippen molar-refractivity contribution in [2.24, 2.45) is 11.7 Å². The van der Waals surface area contributed by atoms with Crippen LogP contribution >= 0.6 is 0 Å². The molecule has 2 aromatic carbocycles. The van der Waals surface area contributed by atoms with Gasteiger partial charge in [0.15, 0.2) is 0 Å². The molecular weight excluding hydrogens is 319 g/mol. The van der Waals surface area contributed by atoms with Crippen LogP contribution in [0.3, 0.4) is 0 Å². The molecule has 2 aromatic rings. The fourth-order valence-electron chi connectivity index (χ4n) is 3.62. The Morgan fingerprint density at radius 2 is 1.64 bits per heavy atom. The van der Waals surface area contributed by atoms with Gasteiger partial charge in [0.1, 0.15) is 11.9 Å². The molecule has 2 atom stereocenters. The Hall–Kier alpha value is -2.24. The zero-order valence-electron chi connectivity index (χ0n) is 14.0. The molecule has 1 aliphatic rings. The first-order valence-corrected chi connectivity index (χ1v) is 8.58. The van der Waals surface area contributed by atoms with Gasteiger partial charge in [-0.1, -0.05) is 42.5 Å². The first-order chi connectivity index (χ1) is 12.1. The molecule has 1 heterocycles. The van der Waals surface area contributed by atoms with E-state index in [9.17, 15) is 14.3 Å². The van der Waals surface area contributed by atoms with Crippen LogP contribution in [0.2, 0.25) is 0 Å². The Morgan fingerprint density at radius 3 is 2.20 bits per heavy atom. The highest BCUT2D eigenvalue weighted by Gasteiger charge is 2.32. The molecular formula is C20H23FN2O2. The number of halogens is 1. The van der Waals surface area contributed by atoms with Crippen molar-refractivity contribution in [1.29, 1.82) is 0 Å². The lowest BCUT2D eigenvalue weighted by molar-refractivity contribution is -0.124. The maximum atomic E-state index is 13.0. The quantitative estimate of drug-likeness (QED) is 0.878. The van der Waals surface area contributed by atoms with E-state index in [2.05, 4.69) is 4.90 Å². The van der Waals surface area contributed by atoms with E-state index in [1.807, 2.05) is 30.3 Å². The Balaban J connectivity index is 1.66. The van der Waals surface area contributed by atoms with Crippen LogP contribution in [0.1, 0.15) is 36.1 Å². The van der Waals surface area contributed by atoms with Crippen molar-refractivity contribution in [3.63, 3.8) is 0 Å². The Morgan fingerprint density at radius 1 is 1.04 bits per heavy atom. The van der Waals surface area contributed by atoms with Crippen LogP contribution in [0, 0.1) is 11.7 Å². The fourth-order valence-corrected chi connectivity index (χ4v) is 3.62. The summed E-state index contributed by atoms with van der Waals surface area (Å²) in [5.41, 5.74) is 7.26. The number of piperidine rings is 1. The Bertz CT molecular complexity index is 697. The largest absolute Gasteiger partial charge is 0.388 e. The molecule has 0 radical (unpaired) electrons. The fraction of sp³-hybridized carbons (Fsp3) is 0.350. The number of aliphatic hydroxyl groups is 1. The van der Waals surface area contributed by atoms with Gasteiger partial charge >= 0.3 is 0 Å². The van der Waals surface area contributed by atoms with E-state index < -0.39 is 12.1 Å². The summed E-state index contributed by atoms with van der Waals surface area (Å²) in [6.45, 7) is 1.37. The normalized spacial score (nSPS) is 18.6. The lowest BCUT2D eigenvalue weighted by atomic mass is 9.86. The predicted octanol–water partition coefficient (Wildman–Crippen LogP) is 2.80. The number of carbonyl (C=O) groups is 1. The summed E-state index contributed by atoms with van der Waals surface area (Å²) in [6.07, 6.45) is 0.899. The molecule has 1 saturated heterocycles. The van der Waals surface area contributed by atoms with Crippen molar-refractivity contribution in [2.45, 2.75) is 25.0 Å². The van der Waals surface area contributed by atoms with E-state index >= 15 is 0 Å². The van der Waals surface area contributed by atoms with Crippen LogP contribution in [-0.4, -0.2) is 29.0 Å². The standard InChI is InChI=1S/C20H23FN2O2/c21-17-8-6-15(7-9-17)19(24)16-10-12-23(13-11-16)18(20(22)25)14-4-2-1-3-5-14/h1-9,16,18-19,24H,10-13H2,(H2,22,25). The molecule has 0 aromatic heterocycles. The van der Waals surface area contributed by atoms with Crippen molar-refractivity contribution >= 4 is 5.91 Å². The molecule has 3 rings (SSSR count). The third-order valence-electron chi connectivity index (χ3n) is 4.98. The summed E-state index contributed by atoms with van der Waals surface area (Å²) < 4.78 is 13.0. The van der Waals surface area contributed by atoms with E-state index in [1.54, 1.807) is 12.1 Å². The number of amides is 1. The number of rotatable bonds is 5. The third-order valence-corrected chi connectivity index (χ3v) is 4.98. The van der Waals surface area contributed by atoms with Crippen LogP contribution < -0.4 is 5.73 Å². The van der Waals surface area contributed by atoms with Gasteiger partial charge in [0, 0.05) is 0 Å². The minimum absolute atomic E-state index is 0.0889. The number of nitrogens with two attached hydrogens (primary N) is 1. The molecule has 3 N–H and O–H groups in total. The Labute approximate surface area is 147 Å². The van der Waals surface area contributed by atoms with Crippen molar-refractivity contribution in [3.05, 3.63) is 71.5 Å². The average Bonchev–Trinajstić information content (AvgIpc) is 2.63. The number of carbonyl (C=O) groups excluding carboxylic acids is 1. The molecule has 4 nitrogen and oxygen atoms in total. The molecule has 1 aliphatic heterocycles. The number of benzene rings is 2. The van der Waals surface area contributed by atoms with E-state index in [0.29, 0.717) is 13.1 Å². The molecule has 0 saturated carbocycles. The first kappa shape index (κ1) is 17.6. The van der Waals surface area contributed by atoms with Crippen molar-refractivity contribution in [3.8, 4) is 0 Å². The maximum absolute atomic E-state index is 13.0. The van der Waals surface area contributed by atoms with Crippen LogP contribution in [0.5, 0.6) is 0 Å². The molecule has 5 heteroatoms. The van der Waals surface area contributed by atoms with Crippen molar-refractivity contribution < 1.29 is 14.3 Å². The minimum atomic E-state index is -0.619. The van der Waals surface area contributed by atoms with Crippen LogP contribution in [0.4, 0.5) is 4.39 Å². The summed E-state index contributed by atoms with van der Waals surface area (Å²) in [7, 11) is 0. The molecule has 0 aliphatic carbocycles. The molecule has 0 spiro atoms. The number of nitrogens with zero attached hydrogens (tertiary/aromatic N) is 1. The zero-order valence-corrected chi connectivity index (χ0v) is 14.0. The minimum Gasteiger partial charge on any atom is -0.388 e. The monoisotopic (exact) mass is 342 g/mol. The number of primary amides is 1. The van der Waals surface area contributed by atoms with Crippen molar-refractivity contribution in [2.75, 3.05) is 13.1 Å². The van der Waals surface area contributed by atoms with Gasteiger partial charge in [0.05, 0.1) is 6.10 Å². The van der Waals surface area contributed by atoms with Gasteiger partial charge in [-0.15, -0.1) is 0 Å². The topological polar surface area (TPSA) is 66.6 Å².